The van der Waals surface area contributed by atoms with Crippen LogP contribution in [0.15, 0.2) is 18.3 Å². The van der Waals surface area contributed by atoms with E-state index in [-0.39, 0.29) is 11.4 Å². The number of nitrogens with zero attached hydrogens (tertiary/aromatic N) is 3. The molecule has 7 heteroatoms. The molecule has 0 aromatic carbocycles. The van der Waals surface area contributed by atoms with Crippen LogP contribution in [0.2, 0.25) is 0 Å². The fraction of sp³-hybridized carbons (Fsp3) is 0.533. The predicted molar refractivity (Wildman–Crippen MR) is 84.8 cm³/mol. The molecule has 1 fully saturated rings. The second-order valence-corrected chi connectivity index (χ2v) is 7.57. The molecule has 2 rings (SSSR count). The zero-order valence-electron chi connectivity index (χ0n) is 12.8. The normalized spacial score (nSPS) is 17.0. The average molecular weight is 320 g/mol. The summed E-state index contributed by atoms with van der Waals surface area (Å²) in [5.74, 6) is 1.13. The number of pyridine rings is 1. The molecule has 1 aromatic heterocycles. The summed E-state index contributed by atoms with van der Waals surface area (Å²) >= 11 is 0. The second kappa shape index (κ2) is 6.99. The van der Waals surface area contributed by atoms with Gasteiger partial charge in [0.1, 0.15) is 11.8 Å². The van der Waals surface area contributed by atoms with Crippen LogP contribution in [0.4, 0.5) is 0 Å². The molecule has 1 aliphatic rings. The first-order chi connectivity index (χ1) is 10.4. The van der Waals surface area contributed by atoms with Gasteiger partial charge in [0.05, 0.1) is 5.56 Å². The highest BCUT2D eigenvalue weighted by Gasteiger charge is 2.30. The van der Waals surface area contributed by atoms with Crippen LogP contribution in [0.3, 0.4) is 0 Å². The third-order valence-corrected chi connectivity index (χ3v) is 5.12. The lowest BCUT2D eigenvalue weighted by Gasteiger charge is -2.40. The van der Waals surface area contributed by atoms with Gasteiger partial charge < -0.3 is 5.32 Å². The Balaban J connectivity index is 1.91. The van der Waals surface area contributed by atoms with Crippen molar-refractivity contribution in [1.82, 2.24) is 15.2 Å². The van der Waals surface area contributed by atoms with Crippen molar-refractivity contribution in [2.75, 3.05) is 31.1 Å². The summed E-state index contributed by atoms with van der Waals surface area (Å²) in [6.45, 7) is 6.18. The van der Waals surface area contributed by atoms with Gasteiger partial charge in [-0.1, -0.05) is 0 Å². The Labute approximate surface area is 133 Å². The minimum absolute atomic E-state index is 0.202. The number of hydrogen-bond donors (Lipinski definition) is 1. The van der Waals surface area contributed by atoms with Gasteiger partial charge in [-0.05, 0) is 26.0 Å². The van der Waals surface area contributed by atoms with Gasteiger partial charge in [0.15, 0.2) is 0 Å². The van der Waals surface area contributed by atoms with E-state index < -0.39 is 10.8 Å². The Morgan fingerprint density at radius 2 is 2.14 bits per heavy atom. The summed E-state index contributed by atoms with van der Waals surface area (Å²) < 4.78 is 11.4. The molecule has 1 aromatic rings. The maximum absolute atomic E-state index is 12.1. The molecule has 0 saturated carbocycles. The molecule has 1 N–H and O–H groups in total. The van der Waals surface area contributed by atoms with E-state index in [1.54, 1.807) is 12.1 Å². The minimum atomic E-state index is -0.707. The fourth-order valence-corrected chi connectivity index (χ4v) is 3.39. The molecule has 0 radical (unpaired) electrons. The van der Waals surface area contributed by atoms with Gasteiger partial charge in [0, 0.05) is 53.7 Å². The molecule has 0 unspecified atom stereocenters. The van der Waals surface area contributed by atoms with E-state index in [0.717, 1.165) is 13.1 Å². The maximum Gasteiger partial charge on any atom is 0.269 e. The van der Waals surface area contributed by atoms with Gasteiger partial charge in [-0.2, -0.15) is 5.26 Å². The van der Waals surface area contributed by atoms with Crippen LogP contribution >= 0.6 is 0 Å². The number of nitrogens with one attached hydrogen (secondary N) is 1. The van der Waals surface area contributed by atoms with Crippen LogP contribution in [0.25, 0.3) is 0 Å². The summed E-state index contributed by atoms with van der Waals surface area (Å²) in [5, 5.41) is 11.6. The SMILES string of the molecule is CC(C)(CNC(=O)c1ccc(C#N)cn1)N1CCS(=O)CC1. The van der Waals surface area contributed by atoms with Crippen LogP contribution in [-0.4, -0.2) is 56.7 Å². The van der Waals surface area contributed by atoms with Crippen molar-refractivity contribution in [2.45, 2.75) is 19.4 Å². The van der Waals surface area contributed by atoms with Crippen LogP contribution in [-0.2, 0) is 10.8 Å². The van der Waals surface area contributed by atoms with Gasteiger partial charge in [-0.15, -0.1) is 0 Å². The van der Waals surface area contributed by atoms with E-state index in [4.69, 9.17) is 5.26 Å². The van der Waals surface area contributed by atoms with Crippen LogP contribution < -0.4 is 5.32 Å². The largest absolute Gasteiger partial charge is 0.349 e. The lowest BCUT2D eigenvalue weighted by atomic mass is 10.0. The molecule has 0 spiro atoms. The van der Waals surface area contributed by atoms with Gasteiger partial charge in [-0.25, -0.2) is 4.98 Å². The van der Waals surface area contributed by atoms with Crippen molar-refractivity contribution in [2.24, 2.45) is 0 Å². The highest BCUT2D eigenvalue weighted by molar-refractivity contribution is 7.85. The number of rotatable bonds is 4. The molecule has 1 amide bonds. The predicted octanol–water partition coefficient (Wildman–Crippen LogP) is 0.526. The second-order valence-electron chi connectivity index (χ2n) is 5.87. The lowest BCUT2D eigenvalue weighted by molar-refractivity contribution is 0.0878. The Morgan fingerprint density at radius 3 is 2.68 bits per heavy atom. The topological polar surface area (TPSA) is 86.1 Å². The van der Waals surface area contributed by atoms with Crippen molar-refractivity contribution in [1.29, 1.82) is 5.26 Å². The maximum atomic E-state index is 12.1. The van der Waals surface area contributed by atoms with E-state index >= 15 is 0 Å². The Hall–Kier alpha value is -1.78. The summed E-state index contributed by atoms with van der Waals surface area (Å²) in [4.78, 5) is 18.3. The molecule has 1 aliphatic heterocycles. The average Bonchev–Trinajstić information content (AvgIpc) is 2.53. The Kier molecular flexibility index (Phi) is 5.27. The van der Waals surface area contributed by atoms with Gasteiger partial charge in [0.25, 0.3) is 5.91 Å². The standard InChI is InChI=1S/C15H20N4O2S/c1-15(2,19-5-7-22(21)8-6-19)11-18-14(20)13-4-3-12(9-16)10-17-13/h3-4,10H,5-8,11H2,1-2H3,(H,18,20). The zero-order valence-corrected chi connectivity index (χ0v) is 13.7. The molecule has 1 saturated heterocycles. The summed E-state index contributed by atoms with van der Waals surface area (Å²) in [6.07, 6.45) is 1.39. The third-order valence-electron chi connectivity index (χ3n) is 3.84. The van der Waals surface area contributed by atoms with E-state index in [0.29, 0.717) is 29.3 Å². The van der Waals surface area contributed by atoms with E-state index in [9.17, 15) is 9.00 Å². The smallest absolute Gasteiger partial charge is 0.269 e. The van der Waals surface area contributed by atoms with Crippen molar-refractivity contribution in [3.63, 3.8) is 0 Å². The van der Waals surface area contributed by atoms with Crippen LogP contribution in [0.1, 0.15) is 29.9 Å². The highest BCUT2D eigenvalue weighted by atomic mass is 32.2. The number of nitriles is 1. The highest BCUT2D eigenvalue weighted by Crippen LogP contribution is 2.16. The van der Waals surface area contributed by atoms with Crippen molar-refractivity contribution in [3.8, 4) is 6.07 Å². The zero-order chi connectivity index (χ0) is 16.2. The monoisotopic (exact) mass is 320 g/mol. The van der Waals surface area contributed by atoms with Crippen LogP contribution in [0.5, 0.6) is 0 Å². The number of amides is 1. The minimum Gasteiger partial charge on any atom is -0.349 e. The van der Waals surface area contributed by atoms with Crippen molar-refractivity contribution in [3.05, 3.63) is 29.6 Å². The fourth-order valence-electron chi connectivity index (χ4n) is 2.34. The first kappa shape index (κ1) is 16.6. The van der Waals surface area contributed by atoms with Crippen LogP contribution in [0, 0.1) is 11.3 Å². The molecule has 22 heavy (non-hydrogen) atoms. The summed E-state index contributed by atoms with van der Waals surface area (Å²) in [5.41, 5.74) is 0.528. The first-order valence-electron chi connectivity index (χ1n) is 7.17. The molecule has 2 heterocycles. The van der Waals surface area contributed by atoms with E-state index in [1.807, 2.05) is 6.07 Å². The number of aromatic nitrogens is 1. The summed E-state index contributed by atoms with van der Waals surface area (Å²) in [7, 11) is -0.707. The van der Waals surface area contributed by atoms with Crippen molar-refractivity contribution < 1.29 is 9.00 Å². The Morgan fingerprint density at radius 1 is 1.45 bits per heavy atom. The molecule has 6 nitrogen and oxygen atoms in total. The van der Waals surface area contributed by atoms with Gasteiger partial charge in [0.2, 0.25) is 0 Å². The van der Waals surface area contributed by atoms with Crippen molar-refractivity contribution >= 4 is 16.7 Å². The number of carbonyl (C=O) groups is 1. The molecule has 0 atom stereocenters. The van der Waals surface area contributed by atoms with E-state index in [2.05, 4.69) is 29.0 Å². The molecule has 118 valence electrons. The lowest BCUT2D eigenvalue weighted by Crippen LogP contribution is -2.55. The van der Waals surface area contributed by atoms with Gasteiger partial charge in [-0.3, -0.25) is 13.9 Å². The third kappa shape index (κ3) is 4.12. The number of hydrogen-bond acceptors (Lipinski definition) is 5. The van der Waals surface area contributed by atoms with E-state index in [1.165, 1.54) is 6.20 Å². The Bertz CT molecular complexity index is 597. The quantitative estimate of drug-likeness (QED) is 0.874. The molecular weight excluding hydrogens is 300 g/mol. The molecule has 0 aliphatic carbocycles. The molecular formula is C15H20N4O2S. The van der Waals surface area contributed by atoms with Gasteiger partial charge >= 0.3 is 0 Å². The number of carbonyl (C=O) groups excluding carboxylic acids is 1. The first-order valence-corrected chi connectivity index (χ1v) is 8.65. The summed E-state index contributed by atoms with van der Waals surface area (Å²) in [6, 6.07) is 5.09. The molecule has 0 bridgehead atoms.